The van der Waals surface area contributed by atoms with Crippen LogP contribution in [0.15, 0.2) is 24.3 Å². The maximum absolute atomic E-state index is 11.1. The third-order valence-corrected chi connectivity index (χ3v) is 2.89. The molecule has 1 aromatic rings. The van der Waals surface area contributed by atoms with Gasteiger partial charge in [0, 0.05) is 13.1 Å². The number of carboxylic acids is 1. The van der Waals surface area contributed by atoms with Crippen LogP contribution < -0.4 is 0 Å². The van der Waals surface area contributed by atoms with Crippen molar-refractivity contribution in [1.82, 2.24) is 4.90 Å². The standard InChI is InChI=1S/C14H21NO3/c1-2-3-8-15(9-10-16)11-12-6-4-5-7-13(12)14(17)18/h4-7,16H,2-3,8-11H2,1H3,(H,17,18). The van der Waals surface area contributed by atoms with Crippen LogP contribution >= 0.6 is 0 Å². The lowest BCUT2D eigenvalue weighted by Gasteiger charge is -2.21. The van der Waals surface area contributed by atoms with Gasteiger partial charge in [-0.25, -0.2) is 4.79 Å². The van der Waals surface area contributed by atoms with Crippen LogP contribution in [-0.2, 0) is 6.54 Å². The summed E-state index contributed by atoms with van der Waals surface area (Å²) >= 11 is 0. The van der Waals surface area contributed by atoms with Crippen LogP contribution in [0.25, 0.3) is 0 Å². The summed E-state index contributed by atoms with van der Waals surface area (Å²) in [7, 11) is 0. The molecular formula is C14H21NO3. The Bertz CT molecular complexity index is 379. The Balaban J connectivity index is 2.76. The first kappa shape index (κ1) is 14.7. The molecule has 0 spiro atoms. The third kappa shape index (κ3) is 4.47. The van der Waals surface area contributed by atoms with Crippen LogP contribution in [0.5, 0.6) is 0 Å². The molecule has 1 rings (SSSR count). The topological polar surface area (TPSA) is 60.8 Å². The molecule has 0 aliphatic rings. The number of hydrogen-bond donors (Lipinski definition) is 2. The number of unbranched alkanes of at least 4 members (excludes halogenated alkanes) is 1. The van der Waals surface area contributed by atoms with Crippen molar-refractivity contribution < 1.29 is 15.0 Å². The maximum Gasteiger partial charge on any atom is 0.336 e. The number of carboxylic acid groups (broad SMARTS) is 1. The van der Waals surface area contributed by atoms with Crippen LogP contribution in [0, 0.1) is 0 Å². The van der Waals surface area contributed by atoms with Gasteiger partial charge in [-0.3, -0.25) is 4.90 Å². The van der Waals surface area contributed by atoms with Gasteiger partial charge in [0.05, 0.1) is 12.2 Å². The van der Waals surface area contributed by atoms with Gasteiger partial charge in [-0.1, -0.05) is 31.5 Å². The number of rotatable bonds is 8. The third-order valence-electron chi connectivity index (χ3n) is 2.89. The zero-order valence-corrected chi connectivity index (χ0v) is 10.8. The Morgan fingerprint density at radius 2 is 2.00 bits per heavy atom. The zero-order valence-electron chi connectivity index (χ0n) is 10.8. The fourth-order valence-electron chi connectivity index (χ4n) is 1.90. The van der Waals surface area contributed by atoms with Gasteiger partial charge in [0.15, 0.2) is 0 Å². The molecule has 0 aliphatic heterocycles. The lowest BCUT2D eigenvalue weighted by Crippen LogP contribution is -2.28. The smallest absolute Gasteiger partial charge is 0.336 e. The van der Waals surface area contributed by atoms with E-state index in [9.17, 15) is 4.79 Å². The fourth-order valence-corrected chi connectivity index (χ4v) is 1.90. The summed E-state index contributed by atoms with van der Waals surface area (Å²) < 4.78 is 0. The molecule has 0 amide bonds. The average molecular weight is 251 g/mol. The number of aliphatic hydroxyl groups is 1. The highest BCUT2D eigenvalue weighted by Crippen LogP contribution is 2.12. The summed E-state index contributed by atoms with van der Waals surface area (Å²) in [5.41, 5.74) is 1.14. The van der Waals surface area contributed by atoms with Crippen molar-refractivity contribution in [2.45, 2.75) is 26.3 Å². The van der Waals surface area contributed by atoms with Crippen molar-refractivity contribution in [3.63, 3.8) is 0 Å². The fraction of sp³-hybridized carbons (Fsp3) is 0.500. The molecule has 0 heterocycles. The van der Waals surface area contributed by atoms with Crippen LogP contribution in [0.4, 0.5) is 0 Å². The summed E-state index contributed by atoms with van der Waals surface area (Å²) in [5, 5.41) is 18.2. The van der Waals surface area contributed by atoms with Gasteiger partial charge < -0.3 is 10.2 Å². The average Bonchev–Trinajstić information content (AvgIpc) is 2.36. The largest absolute Gasteiger partial charge is 0.478 e. The predicted molar refractivity (Wildman–Crippen MR) is 70.7 cm³/mol. The van der Waals surface area contributed by atoms with Crippen LogP contribution in [0.1, 0.15) is 35.7 Å². The molecule has 0 saturated carbocycles. The van der Waals surface area contributed by atoms with Crippen molar-refractivity contribution in [2.75, 3.05) is 19.7 Å². The SMILES string of the molecule is CCCCN(CCO)Cc1ccccc1C(=O)O. The minimum atomic E-state index is -0.898. The molecule has 2 N–H and O–H groups in total. The first-order chi connectivity index (χ1) is 8.69. The first-order valence-corrected chi connectivity index (χ1v) is 6.33. The quantitative estimate of drug-likeness (QED) is 0.741. The molecule has 0 bridgehead atoms. The zero-order chi connectivity index (χ0) is 13.4. The van der Waals surface area contributed by atoms with Gasteiger partial charge in [0.2, 0.25) is 0 Å². The van der Waals surface area contributed by atoms with Gasteiger partial charge >= 0.3 is 5.97 Å². The van der Waals surface area contributed by atoms with E-state index in [0.29, 0.717) is 18.7 Å². The number of carbonyl (C=O) groups is 1. The van der Waals surface area contributed by atoms with E-state index in [1.165, 1.54) is 0 Å². The van der Waals surface area contributed by atoms with Crippen LogP contribution in [0.2, 0.25) is 0 Å². The predicted octanol–water partition coefficient (Wildman–Crippen LogP) is 1.98. The van der Waals surface area contributed by atoms with E-state index in [1.807, 2.05) is 12.1 Å². The Morgan fingerprint density at radius 1 is 1.28 bits per heavy atom. The second-order valence-corrected chi connectivity index (χ2v) is 4.32. The normalized spacial score (nSPS) is 10.8. The van der Waals surface area contributed by atoms with Gasteiger partial charge in [0.25, 0.3) is 0 Å². The van der Waals surface area contributed by atoms with E-state index in [1.54, 1.807) is 12.1 Å². The van der Waals surface area contributed by atoms with Crippen LogP contribution in [0.3, 0.4) is 0 Å². The second-order valence-electron chi connectivity index (χ2n) is 4.32. The Hall–Kier alpha value is -1.39. The summed E-state index contributed by atoms with van der Waals surface area (Å²) in [5.74, 6) is -0.898. The van der Waals surface area contributed by atoms with Crippen molar-refractivity contribution in [1.29, 1.82) is 0 Å². The minimum absolute atomic E-state index is 0.0962. The van der Waals surface area contributed by atoms with Gasteiger partial charge in [-0.15, -0.1) is 0 Å². The summed E-state index contributed by atoms with van der Waals surface area (Å²) in [6, 6.07) is 7.03. The molecule has 4 heteroatoms. The minimum Gasteiger partial charge on any atom is -0.478 e. The van der Waals surface area contributed by atoms with Crippen molar-refractivity contribution in [3.8, 4) is 0 Å². The molecule has 18 heavy (non-hydrogen) atoms. The molecule has 100 valence electrons. The summed E-state index contributed by atoms with van der Waals surface area (Å²) in [6.45, 7) is 4.24. The number of aliphatic hydroxyl groups excluding tert-OH is 1. The van der Waals surface area contributed by atoms with E-state index < -0.39 is 5.97 Å². The number of hydrogen-bond acceptors (Lipinski definition) is 3. The summed E-state index contributed by atoms with van der Waals surface area (Å²) in [4.78, 5) is 13.2. The Morgan fingerprint density at radius 3 is 2.61 bits per heavy atom. The van der Waals surface area contributed by atoms with Gasteiger partial charge in [-0.2, -0.15) is 0 Å². The van der Waals surface area contributed by atoms with Gasteiger partial charge in [-0.05, 0) is 24.6 Å². The van der Waals surface area contributed by atoms with E-state index in [-0.39, 0.29) is 6.61 Å². The molecule has 0 radical (unpaired) electrons. The van der Waals surface area contributed by atoms with Crippen molar-refractivity contribution in [2.24, 2.45) is 0 Å². The Kier molecular flexibility index (Phi) is 6.39. The molecule has 0 fully saturated rings. The molecule has 0 saturated heterocycles. The number of aromatic carboxylic acids is 1. The number of benzene rings is 1. The van der Waals surface area contributed by atoms with Crippen molar-refractivity contribution >= 4 is 5.97 Å². The first-order valence-electron chi connectivity index (χ1n) is 6.33. The highest BCUT2D eigenvalue weighted by atomic mass is 16.4. The van der Waals surface area contributed by atoms with E-state index in [0.717, 1.165) is 24.9 Å². The highest BCUT2D eigenvalue weighted by Gasteiger charge is 2.12. The lowest BCUT2D eigenvalue weighted by molar-refractivity contribution is 0.0694. The second kappa shape index (κ2) is 7.84. The monoisotopic (exact) mass is 251 g/mol. The van der Waals surface area contributed by atoms with E-state index in [4.69, 9.17) is 10.2 Å². The molecular weight excluding hydrogens is 230 g/mol. The van der Waals surface area contributed by atoms with Crippen LogP contribution in [-0.4, -0.2) is 40.8 Å². The molecule has 1 aromatic carbocycles. The highest BCUT2D eigenvalue weighted by molar-refractivity contribution is 5.89. The van der Waals surface area contributed by atoms with Crippen molar-refractivity contribution in [3.05, 3.63) is 35.4 Å². The Labute approximate surface area is 108 Å². The molecule has 0 unspecified atom stereocenters. The van der Waals surface area contributed by atoms with E-state index >= 15 is 0 Å². The summed E-state index contributed by atoms with van der Waals surface area (Å²) in [6.07, 6.45) is 2.14. The lowest BCUT2D eigenvalue weighted by atomic mass is 10.1. The molecule has 4 nitrogen and oxygen atoms in total. The molecule has 0 aromatic heterocycles. The maximum atomic E-state index is 11.1. The molecule has 0 atom stereocenters. The van der Waals surface area contributed by atoms with E-state index in [2.05, 4.69) is 11.8 Å². The van der Waals surface area contributed by atoms with Gasteiger partial charge in [0.1, 0.15) is 0 Å². The molecule has 0 aliphatic carbocycles. The number of nitrogens with zero attached hydrogens (tertiary/aromatic N) is 1.